The van der Waals surface area contributed by atoms with Crippen LogP contribution in [0.2, 0.25) is 0 Å². The normalized spacial score (nSPS) is 14.8. The molecule has 0 aliphatic carbocycles. The summed E-state index contributed by atoms with van der Waals surface area (Å²) in [6, 6.07) is 19.9. The molecule has 1 saturated heterocycles. The van der Waals surface area contributed by atoms with Crippen molar-refractivity contribution in [2.24, 2.45) is 0 Å². The monoisotopic (exact) mass is 656 g/mol. The van der Waals surface area contributed by atoms with Gasteiger partial charge in [-0.2, -0.15) is 9.57 Å². The van der Waals surface area contributed by atoms with Gasteiger partial charge in [0.05, 0.1) is 27.8 Å². The number of nitrogens with one attached hydrogen (secondary N) is 1. The molecule has 4 aromatic rings. The van der Waals surface area contributed by atoms with Crippen molar-refractivity contribution in [2.45, 2.75) is 38.0 Å². The molecule has 1 N–H and O–H groups in total. The van der Waals surface area contributed by atoms with Gasteiger partial charge in [-0.15, -0.1) is 11.3 Å². The quantitative estimate of drug-likeness (QED) is 0.300. The molecular formula is C34H32N4O6S2. The Morgan fingerprint density at radius 3 is 2.37 bits per heavy atom. The number of anilines is 1. The van der Waals surface area contributed by atoms with Gasteiger partial charge in [-0.25, -0.2) is 13.2 Å². The first-order valence-electron chi connectivity index (χ1n) is 14.6. The molecule has 1 aromatic heterocycles. The zero-order chi connectivity index (χ0) is 33.0. The molecule has 3 aromatic carbocycles. The van der Waals surface area contributed by atoms with Gasteiger partial charge in [-0.05, 0) is 80.3 Å². The van der Waals surface area contributed by atoms with Gasteiger partial charge in [-0.3, -0.25) is 14.2 Å². The minimum atomic E-state index is -3.75. The van der Waals surface area contributed by atoms with E-state index in [9.17, 15) is 28.1 Å². The van der Waals surface area contributed by atoms with Crippen LogP contribution in [-0.2, 0) is 19.6 Å². The Balaban J connectivity index is 1.61. The van der Waals surface area contributed by atoms with Gasteiger partial charge in [0.2, 0.25) is 10.0 Å². The third-order valence-corrected chi connectivity index (χ3v) is 10.6. The van der Waals surface area contributed by atoms with Gasteiger partial charge < -0.3 is 10.1 Å². The van der Waals surface area contributed by atoms with E-state index >= 15 is 0 Å². The van der Waals surface area contributed by atoms with Crippen molar-refractivity contribution < 1.29 is 22.7 Å². The fourth-order valence-electron chi connectivity index (χ4n) is 5.29. The van der Waals surface area contributed by atoms with Crippen LogP contribution in [0, 0.1) is 25.2 Å². The van der Waals surface area contributed by atoms with Crippen molar-refractivity contribution in [3.05, 3.63) is 109 Å². The molecule has 1 amide bonds. The maximum atomic E-state index is 13.9. The standard InChI is InChI=1S/C34H32N4O6S2/c1-22-10-15-29(23(2)18-22)38-32(40)30(19-24-11-13-25(14-12-24)34(41)44-3)45-33(38)28(21-35)31(39)36-26-8-7-9-27(20-26)46(42,43)37-16-5-4-6-17-37/h7-15,18-20H,4-6,16-17H2,1-3H3,(H,36,39)/b30-19-,33-28-. The number of hydrogen-bond acceptors (Lipinski definition) is 8. The molecule has 0 atom stereocenters. The summed E-state index contributed by atoms with van der Waals surface area (Å²) in [5.41, 5.74) is 2.69. The van der Waals surface area contributed by atoms with Crippen molar-refractivity contribution in [1.29, 1.82) is 5.26 Å². The van der Waals surface area contributed by atoms with Crippen molar-refractivity contribution in [2.75, 3.05) is 25.5 Å². The molecule has 5 rings (SSSR count). The number of hydrogen-bond donors (Lipinski definition) is 1. The lowest BCUT2D eigenvalue weighted by Gasteiger charge is -2.26. The second-order valence-corrected chi connectivity index (χ2v) is 13.9. The van der Waals surface area contributed by atoms with Gasteiger partial charge in [0, 0.05) is 18.8 Å². The van der Waals surface area contributed by atoms with E-state index < -0.39 is 27.5 Å². The zero-order valence-electron chi connectivity index (χ0n) is 25.6. The van der Waals surface area contributed by atoms with Gasteiger partial charge in [0.25, 0.3) is 11.5 Å². The van der Waals surface area contributed by atoms with E-state index in [0.29, 0.717) is 29.9 Å². The number of methoxy groups -OCH3 is 1. The van der Waals surface area contributed by atoms with E-state index in [1.165, 1.54) is 34.2 Å². The lowest BCUT2D eigenvalue weighted by molar-refractivity contribution is -0.111. The number of carbonyl (C=O) groups excluding carboxylic acids is 2. The van der Waals surface area contributed by atoms with Crippen LogP contribution in [0.4, 0.5) is 5.69 Å². The third-order valence-electron chi connectivity index (χ3n) is 7.64. The Labute approximate surface area is 270 Å². The van der Waals surface area contributed by atoms with Crippen molar-refractivity contribution in [1.82, 2.24) is 8.87 Å². The molecule has 0 bridgehead atoms. The largest absolute Gasteiger partial charge is 0.465 e. The van der Waals surface area contributed by atoms with Crippen LogP contribution < -0.4 is 20.1 Å². The summed E-state index contributed by atoms with van der Waals surface area (Å²) in [7, 11) is -2.46. The highest BCUT2D eigenvalue weighted by Crippen LogP contribution is 2.23. The average Bonchev–Trinajstić information content (AvgIpc) is 3.36. The Kier molecular flexibility index (Phi) is 9.67. The van der Waals surface area contributed by atoms with Crippen LogP contribution in [0.1, 0.15) is 46.3 Å². The summed E-state index contributed by atoms with van der Waals surface area (Å²) in [4.78, 5) is 39.4. The molecular weight excluding hydrogens is 625 g/mol. The third kappa shape index (κ3) is 6.72. The van der Waals surface area contributed by atoms with Crippen LogP contribution in [0.15, 0.2) is 76.4 Å². The number of carbonyl (C=O) groups is 2. The van der Waals surface area contributed by atoms with Crippen molar-refractivity contribution in [3.63, 3.8) is 0 Å². The first-order valence-corrected chi connectivity index (χ1v) is 16.8. The number of benzene rings is 3. The molecule has 10 nitrogen and oxygen atoms in total. The lowest BCUT2D eigenvalue weighted by atomic mass is 10.1. The molecule has 46 heavy (non-hydrogen) atoms. The van der Waals surface area contributed by atoms with Crippen LogP contribution in [0.3, 0.4) is 0 Å². The van der Waals surface area contributed by atoms with Gasteiger partial charge in [0.15, 0.2) is 5.57 Å². The van der Waals surface area contributed by atoms with Gasteiger partial charge in [0.1, 0.15) is 10.7 Å². The summed E-state index contributed by atoms with van der Waals surface area (Å²) in [5.74, 6) is -1.28. The van der Waals surface area contributed by atoms with Crippen LogP contribution >= 0.6 is 11.3 Å². The number of rotatable bonds is 7. The molecule has 2 heterocycles. The van der Waals surface area contributed by atoms with Crippen LogP contribution in [0.5, 0.6) is 0 Å². The van der Waals surface area contributed by atoms with E-state index in [4.69, 9.17) is 4.74 Å². The number of aromatic nitrogens is 1. The second kappa shape index (κ2) is 13.7. The Morgan fingerprint density at radius 2 is 1.72 bits per heavy atom. The highest BCUT2D eigenvalue weighted by Gasteiger charge is 2.26. The average molecular weight is 657 g/mol. The van der Waals surface area contributed by atoms with Crippen LogP contribution in [0.25, 0.3) is 17.3 Å². The van der Waals surface area contributed by atoms with E-state index in [0.717, 1.165) is 41.7 Å². The lowest BCUT2D eigenvalue weighted by Crippen LogP contribution is -2.35. The van der Waals surface area contributed by atoms with Crippen LogP contribution in [-0.4, -0.2) is 49.4 Å². The first-order chi connectivity index (χ1) is 22.0. The summed E-state index contributed by atoms with van der Waals surface area (Å²) in [6.07, 6.45) is 4.18. The van der Waals surface area contributed by atoms with Gasteiger partial charge >= 0.3 is 5.97 Å². The topological polar surface area (TPSA) is 139 Å². The highest BCUT2D eigenvalue weighted by atomic mass is 32.2. The summed E-state index contributed by atoms with van der Waals surface area (Å²) >= 11 is 0.982. The van der Waals surface area contributed by atoms with E-state index in [1.54, 1.807) is 42.5 Å². The number of ether oxygens (including phenoxy) is 1. The Morgan fingerprint density at radius 1 is 1.00 bits per heavy atom. The molecule has 0 unspecified atom stereocenters. The number of aryl methyl sites for hydroxylation is 2. The maximum Gasteiger partial charge on any atom is 0.337 e. The van der Waals surface area contributed by atoms with Crippen molar-refractivity contribution >= 4 is 50.6 Å². The predicted molar refractivity (Wildman–Crippen MR) is 177 cm³/mol. The number of thiazole rings is 1. The minimum Gasteiger partial charge on any atom is -0.465 e. The number of amides is 1. The Bertz CT molecular complexity index is 2150. The summed E-state index contributed by atoms with van der Waals surface area (Å²) < 4.78 is 34.4. The fourth-order valence-corrected chi connectivity index (χ4v) is 7.95. The smallest absolute Gasteiger partial charge is 0.337 e. The molecule has 1 fully saturated rings. The SMILES string of the molecule is COC(=O)c1ccc(/C=c2\s/c(=C(/C#N)C(=O)Nc3cccc(S(=O)(=O)N4CCCCC4)c3)n(-c3ccc(C)cc3C)c2=O)cc1. The molecule has 0 saturated carbocycles. The number of sulfonamides is 1. The fraction of sp³-hybridized carbons (Fsp3) is 0.235. The van der Waals surface area contributed by atoms with E-state index in [-0.39, 0.29) is 25.4 Å². The zero-order valence-corrected chi connectivity index (χ0v) is 27.2. The van der Waals surface area contributed by atoms with E-state index in [2.05, 4.69) is 5.32 Å². The number of nitrogens with zero attached hydrogens (tertiary/aromatic N) is 3. The van der Waals surface area contributed by atoms with Crippen molar-refractivity contribution in [3.8, 4) is 11.8 Å². The number of piperidine rings is 1. The molecule has 236 valence electrons. The second-order valence-electron chi connectivity index (χ2n) is 10.9. The molecule has 12 heteroatoms. The first kappa shape index (κ1) is 32.6. The highest BCUT2D eigenvalue weighted by molar-refractivity contribution is 7.89. The molecule has 0 spiro atoms. The summed E-state index contributed by atoms with van der Waals surface area (Å²) in [6.45, 7) is 4.64. The predicted octanol–water partition coefficient (Wildman–Crippen LogP) is 3.62. The number of esters is 1. The summed E-state index contributed by atoms with van der Waals surface area (Å²) in [5, 5.41) is 12.9. The van der Waals surface area contributed by atoms with E-state index in [1.807, 2.05) is 32.0 Å². The maximum absolute atomic E-state index is 13.9. The molecule has 1 aliphatic heterocycles. The molecule has 1 aliphatic rings. The van der Waals surface area contributed by atoms with Gasteiger partial charge in [-0.1, -0.05) is 42.3 Å². The molecule has 0 radical (unpaired) electrons. The number of nitriles is 1. The Hall–Kier alpha value is -4.83. The minimum absolute atomic E-state index is 0.0455.